The lowest BCUT2D eigenvalue weighted by Crippen LogP contribution is -2.41. The van der Waals surface area contributed by atoms with Gasteiger partial charge in [-0.2, -0.15) is 0 Å². The Bertz CT molecular complexity index is 247. The van der Waals surface area contributed by atoms with Crippen LogP contribution in [0.15, 0.2) is 0 Å². The van der Waals surface area contributed by atoms with Gasteiger partial charge >= 0.3 is 0 Å². The predicted molar refractivity (Wildman–Crippen MR) is 75.0 cm³/mol. The van der Waals surface area contributed by atoms with Crippen molar-refractivity contribution < 1.29 is 4.74 Å². The van der Waals surface area contributed by atoms with Crippen molar-refractivity contribution >= 4 is 0 Å². The summed E-state index contributed by atoms with van der Waals surface area (Å²) in [7, 11) is 6.35. The number of hydrogen-bond acceptors (Lipinski definition) is 4. The molecule has 0 aromatic rings. The molecule has 2 heterocycles. The summed E-state index contributed by atoms with van der Waals surface area (Å²) in [6.07, 6.45) is 6.06. The molecule has 3 atom stereocenters. The van der Waals surface area contributed by atoms with Crippen LogP contribution in [0.5, 0.6) is 0 Å². The van der Waals surface area contributed by atoms with Crippen molar-refractivity contribution in [1.29, 1.82) is 0 Å². The SMILES string of the molecule is CNCC1CCC(CN2CCCC2CN(C)C)O1. The molecule has 4 heteroatoms. The minimum Gasteiger partial charge on any atom is -0.372 e. The van der Waals surface area contributed by atoms with Gasteiger partial charge in [-0.15, -0.1) is 0 Å². The molecule has 4 nitrogen and oxygen atoms in total. The lowest BCUT2D eigenvalue weighted by atomic mass is 10.1. The maximum atomic E-state index is 6.10. The van der Waals surface area contributed by atoms with Crippen LogP contribution in [-0.2, 0) is 4.74 Å². The van der Waals surface area contributed by atoms with Crippen molar-refractivity contribution in [3.05, 3.63) is 0 Å². The highest BCUT2D eigenvalue weighted by Crippen LogP contribution is 2.24. The van der Waals surface area contributed by atoms with E-state index in [9.17, 15) is 0 Å². The van der Waals surface area contributed by atoms with Gasteiger partial charge in [0.25, 0.3) is 0 Å². The molecule has 2 saturated heterocycles. The van der Waals surface area contributed by atoms with Crippen LogP contribution in [0, 0.1) is 0 Å². The van der Waals surface area contributed by atoms with E-state index in [4.69, 9.17) is 4.74 Å². The third-order valence-electron chi connectivity index (χ3n) is 4.14. The fraction of sp³-hybridized carbons (Fsp3) is 1.00. The minimum atomic E-state index is 0.440. The first-order valence-corrected chi connectivity index (χ1v) is 7.38. The van der Waals surface area contributed by atoms with Crippen molar-refractivity contribution in [2.75, 3.05) is 47.3 Å². The number of hydrogen-bond donors (Lipinski definition) is 1. The van der Waals surface area contributed by atoms with Gasteiger partial charge in [-0.1, -0.05) is 0 Å². The fourth-order valence-corrected chi connectivity index (χ4v) is 3.32. The van der Waals surface area contributed by atoms with Crippen LogP contribution in [0.25, 0.3) is 0 Å². The molecule has 2 aliphatic heterocycles. The normalized spacial score (nSPS) is 33.7. The number of likely N-dealkylation sites (tertiary alicyclic amines) is 1. The average Bonchev–Trinajstić information content (AvgIpc) is 2.90. The van der Waals surface area contributed by atoms with Crippen molar-refractivity contribution in [2.45, 2.75) is 43.9 Å². The lowest BCUT2D eigenvalue weighted by Gasteiger charge is -2.29. The molecule has 0 radical (unpaired) electrons. The molecule has 0 spiro atoms. The highest BCUT2D eigenvalue weighted by atomic mass is 16.5. The minimum absolute atomic E-state index is 0.440. The third kappa shape index (κ3) is 3.92. The summed E-state index contributed by atoms with van der Waals surface area (Å²) < 4.78 is 6.10. The van der Waals surface area contributed by atoms with Crippen molar-refractivity contribution in [2.24, 2.45) is 0 Å². The van der Waals surface area contributed by atoms with Gasteiger partial charge in [-0.05, 0) is 53.4 Å². The average molecular weight is 255 g/mol. The zero-order valence-electron chi connectivity index (χ0n) is 12.2. The van der Waals surface area contributed by atoms with Gasteiger partial charge in [-0.3, -0.25) is 4.90 Å². The molecule has 3 unspecified atom stereocenters. The van der Waals surface area contributed by atoms with E-state index in [1.165, 1.54) is 38.8 Å². The number of likely N-dealkylation sites (N-methyl/N-ethyl adjacent to an activating group) is 2. The van der Waals surface area contributed by atoms with E-state index in [1.54, 1.807) is 0 Å². The standard InChI is InChI=1S/C14H29N3O/c1-15-9-13-6-7-14(18-13)11-17-8-4-5-12(17)10-16(2)3/h12-15H,4-11H2,1-3H3. The zero-order valence-corrected chi connectivity index (χ0v) is 12.2. The molecule has 0 saturated carbocycles. The Kier molecular flexibility index (Phi) is 5.42. The first kappa shape index (κ1) is 14.3. The van der Waals surface area contributed by atoms with Gasteiger partial charge in [0, 0.05) is 25.7 Å². The van der Waals surface area contributed by atoms with Gasteiger partial charge in [-0.25, -0.2) is 0 Å². The molecular formula is C14H29N3O. The van der Waals surface area contributed by atoms with E-state index < -0.39 is 0 Å². The number of rotatable bonds is 6. The van der Waals surface area contributed by atoms with Crippen molar-refractivity contribution in [3.63, 3.8) is 0 Å². The third-order valence-corrected chi connectivity index (χ3v) is 4.14. The van der Waals surface area contributed by atoms with Gasteiger partial charge in [0.15, 0.2) is 0 Å². The Labute approximate surface area is 112 Å². The number of nitrogens with zero attached hydrogens (tertiary/aromatic N) is 2. The van der Waals surface area contributed by atoms with Crippen LogP contribution < -0.4 is 5.32 Å². The molecular weight excluding hydrogens is 226 g/mol. The number of ether oxygens (including phenoxy) is 1. The summed E-state index contributed by atoms with van der Waals surface area (Å²) in [5.74, 6) is 0. The molecule has 0 aromatic heterocycles. The largest absolute Gasteiger partial charge is 0.372 e. The summed E-state index contributed by atoms with van der Waals surface area (Å²) in [6.45, 7) is 4.58. The van der Waals surface area contributed by atoms with Crippen LogP contribution in [-0.4, -0.2) is 75.4 Å². The van der Waals surface area contributed by atoms with E-state index in [1.807, 2.05) is 7.05 Å². The smallest absolute Gasteiger partial charge is 0.0707 e. The second-order valence-electron chi connectivity index (χ2n) is 6.07. The molecule has 2 aliphatic rings. The summed E-state index contributed by atoms with van der Waals surface area (Å²) >= 11 is 0. The Morgan fingerprint density at radius 2 is 2.00 bits per heavy atom. The quantitative estimate of drug-likeness (QED) is 0.759. The molecule has 2 fully saturated rings. The van der Waals surface area contributed by atoms with Crippen LogP contribution in [0.2, 0.25) is 0 Å². The molecule has 106 valence electrons. The van der Waals surface area contributed by atoms with Gasteiger partial charge in [0.2, 0.25) is 0 Å². The van der Waals surface area contributed by atoms with E-state index in [-0.39, 0.29) is 0 Å². The first-order chi connectivity index (χ1) is 8.69. The van der Waals surface area contributed by atoms with E-state index >= 15 is 0 Å². The maximum absolute atomic E-state index is 6.10. The maximum Gasteiger partial charge on any atom is 0.0707 e. The Hall–Kier alpha value is -0.160. The topological polar surface area (TPSA) is 27.7 Å². The van der Waals surface area contributed by atoms with E-state index in [0.717, 1.165) is 19.1 Å². The van der Waals surface area contributed by atoms with Crippen LogP contribution in [0.3, 0.4) is 0 Å². The lowest BCUT2D eigenvalue weighted by molar-refractivity contribution is 0.0199. The summed E-state index contributed by atoms with van der Waals surface area (Å²) in [5, 5.41) is 3.21. The van der Waals surface area contributed by atoms with Crippen LogP contribution in [0.4, 0.5) is 0 Å². The highest BCUT2D eigenvalue weighted by Gasteiger charge is 2.31. The summed E-state index contributed by atoms with van der Waals surface area (Å²) in [5.41, 5.74) is 0. The summed E-state index contributed by atoms with van der Waals surface area (Å²) in [4.78, 5) is 4.95. The predicted octanol–water partition coefficient (Wildman–Crippen LogP) is 0.779. The molecule has 0 aromatic carbocycles. The number of nitrogens with one attached hydrogen (secondary N) is 1. The molecule has 1 N–H and O–H groups in total. The van der Waals surface area contributed by atoms with Crippen molar-refractivity contribution in [1.82, 2.24) is 15.1 Å². The second kappa shape index (κ2) is 6.85. The highest BCUT2D eigenvalue weighted by molar-refractivity contribution is 4.85. The van der Waals surface area contributed by atoms with E-state index in [0.29, 0.717) is 12.2 Å². The van der Waals surface area contributed by atoms with Gasteiger partial charge in [0.05, 0.1) is 12.2 Å². The molecule has 0 aliphatic carbocycles. The molecule has 0 bridgehead atoms. The van der Waals surface area contributed by atoms with Gasteiger partial charge in [0.1, 0.15) is 0 Å². The second-order valence-corrected chi connectivity index (χ2v) is 6.07. The Balaban J connectivity index is 1.75. The monoisotopic (exact) mass is 255 g/mol. The molecule has 18 heavy (non-hydrogen) atoms. The zero-order chi connectivity index (χ0) is 13.0. The van der Waals surface area contributed by atoms with E-state index in [2.05, 4.69) is 29.2 Å². The molecule has 2 rings (SSSR count). The Morgan fingerprint density at radius 1 is 1.22 bits per heavy atom. The first-order valence-electron chi connectivity index (χ1n) is 7.38. The molecule has 0 amide bonds. The van der Waals surface area contributed by atoms with Crippen LogP contribution >= 0.6 is 0 Å². The van der Waals surface area contributed by atoms with Crippen molar-refractivity contribution in [3.8, 4) is 0 Å². The fourth-order valence-electron chi connectivity index (χ4n) is 3.32. The van der Waals surface area contributed by atoms with Gasteiger partial charge < -0.3 is 15.0 Å². The Morgan fingerprint density at radius 3 is 2.72 bits per heavy atom. The van der Waals surface area contributed by atoms with Crippen LogP contribution in [0.1, 0.15) is 25.7 Å². The summed E-state index contributed by atoms with van der Waals surface area (Å²) in [6, 6.07) is 0.743.